The number of pyridine rings is 3. The molecule has 0 amide bonds. The number of fused-ring (bicyclic) bond motifs is 2. The lowest BCUT2D eigenvalue weighted by atomic mass is 10.0. The van der Waals surface area contributed by atoms with Crippen LogP contribution in [0.5, 0.6) is 0 Å². The zero-order chi connectivity index (χ0) is 12.7. The van der Waals surface area contributed by atoms with Crippen molar-refractivity contribution in [1.29, 1.82) is 0 Å². The van der Waals surface area contributed by atoms with Crippen molar-refractivity contribution in [2.24, 2.45) is 0 Å². The van der Waals surface area contributed by atoms with E-state index in [-0.39, 0.29) is 0 Å². The molecule has 19 heavy (non-hydrogen) atoms. The summed E-state index contributed by atoms with van der Waals surface area (Å²) in [5.74, 6) is 0. The minimum atomic E-state index is 0.762. The minimum absolute atomic E-state index is 0.762. The molecule has 90 valence electrons. The third-order valence-electron chi connectivity index (χ3n) is 3.26. The highest BCUT2D eigenvalue weighted by atomic mass is 14.8. The van der Waals surface area contributed by atoms with Crippen molar-refractivity contribution in [3.05, 3.63) is 55.1 Å². The Bertz CT molecular complexity index is 874. The van der Waals surface area contributed by atoms with Gasteiger partial charge in [0, 0.05) is 41.1 Å². The second kappa shape index (κ2) is 3.88. The zero-order valence-corrected chi connectivity index (χ0v) is 10.0. The highest BCUT2D eigenvalue weighted by Crippen LogP contribution is 2.31. The van der Waals surface area contributed by atoms with Gasteiger partial charge in [-0.25, -0.2) is 15.0 Å². The number of nitrogens with one attached hydrogen (secondary N) is 1. The molecule has 0 unspecified atom stereocenters. The van der Waals surface area contributed by atoms with Crippen LogP contribution in [0.25, 0.3) is 33.2 Å². The highest BCUT2D eigenvalue weighted by Gasteiger charge is 2.10. The van der Waals surface area contributed by atoms with Crippen LogP contribution in [0.3, 0.4) is 0 Å². The Morgan fingerprint density at radius 1 is 0.737 bits per heavy atom. The first-order valence-electron chi connectivity index (χ1n) is 6.06. The average molecular weight is 246 g/mol. The first kappa shape index (κ1) is 10.2. The van der Waals surface area contributed by atoms with Crippen molar-refractivity contribution in [3.8, 4) is 11.1 Å². The summed E-state index contributed by atoms with van der Waals surface area (Å²) in [6.07, 6.45) is 7.32. The predicted molar refractivity (Wildman–Crippen MR) is 74.6 cm³/mol. The van der Waals surface area contributed by atoms with Crippen LogP contribution in [0.15, 0.2) is 55.1 Å². The zero-order valence-electron chi connectivity index (χ0n) is 10.0. The van der Waals surface area contributed by atoms with E-state index in [0.717, 1.165) is 33.2 Å². The van der Waals surface area contributed by atoms with E-state index < -0.39 is 0 Å². The first-order chi connectivity index (χ1) is 9.43. The van der Waals surface area contributed by atoms with Crippen LogP contribution in [0.4, 0.5) is 0 Å². The molecule has 4 heterocycles. The van der Waals surface area contributed by atoms with Crippen molar-refractivity contribution in [1.82, 2.24) is 19.9 Å². The van der Waals surface area contributed by atoms with Crippen LogP contribution in [-0.4, -0.2) is 19.9 Å². The summed E-state index contributed by atoms with van der Waals surface area (Å²) in [6, 6.07) is 10.00. The third kappa shape index (κ3) is 1.50. The molecule has 0 fully saturated rings. The Kier molecular flexibility index (Phi) is 2.08. The lowest BCUT2D eigenvalue weighted by Gasteiger charge is -2.03. The number of aromatic amines is 1. The van der Waals surface area contributed by atoms with Gasteiger partial charge in [-0.1, -0.05) is 0 Å². The van der Waals surface area contributed by atoms with Crippen LogP contribution < -0.4 is 0 Å². The molecular formula is C15H10N4. The SMILES string of the molecule is c1cnc2nccc(-c3c[nH]c4ncccc34)c2c1. The molecule has 0 aliphatic rings. The lowest BCUT2D eigenvalue weighted by molar-refractivity contribution is 1.29. The van der Waals surface area contributed by atoms with E-state index in [4.69, 9.17) is 0 Å². The quantitative estimate of drug-likeness (QED) is 0.561. The Balaban J connectivity index is 2.10. The fourth-order valence-corrected chi connectivity index (χ4v) is 2.40. The van der Waals surface area contributed by atoms with E-state index in [1.165, 1.54) is 0 Å². The molecule has 0 saturated carbocycles. The molecule has 4 aromatic heterocycles. The molecule has 1 N–H and O–H groups in total. The number of hydrogen-bond donors (Lipinski definition) is 1. The highest BCUT2D eigenvalue weighted by molar-refractivity contribution is 6.02. The van der Waals surface area contributed by atoms with Crippen LogP contribution in [0, 0.1) is 0 Å². The maximum absolute atomic E-state index is 4.32. The van der Waals surface area contributed by atoms with Gasteiger partial charge in [-0.2, -0.15) is 0 Å². The summed E-state index contributed by atoms with van der Waals surface area (Å²) < 4.78 is 0. The van der Waals surface area contributed by atoms with Gasteiger partial charge in [0.25, 0.3) is 0 Å². The number of hydrogen-bond acceptors (Lipinski definition) is 3. The molecule has 0 saturated heterocycles. The first-order valence-corrected chi connectivity index (χ1v) is 6.06. The van der Waals surface area contributed by atoms with E-state index in [2.05, 4.69) is 26.0 Å². The second-order valence-corrected chi connectivity index (χ2v) is 4.34. The summed E-state index contributed by atoms with van der Waals surface area (Å²) >= 11 is 0. The molecule has 0 spiro atoms. The lowest BCUT2D eigenvalue weighted by Crippen LogP contribution is -1.85. The number of rotatable bonds is 1. The van der Waals surface area contributed by atoms with Gasteiger partial charge in [0.05, 0.1) is 0 Å². The molecule has 0 radical (unpaired) electrons. The summed E-state index contributed by atoms with van der Waals surface area (Å²) in [5, 5.41) is 2.16. The third-order valence-corrected chi connectivity index (χ3v) is 3.26. The Hall–Kier alpha value is -2.75. The molecule has 0 aromatic carbocycles. The fraction of sp³-hybridized carbons (Fsp3) is 0. The largest absolute Gasteiger partial charge is 0.346 e. The van der Waals surface area contributed by atoms with Gasteiger partial charge < -0.3 is 4.98 Å². The Labute approximate surface area is 109 Å². The molecule has 4 aromatic rings. The molecule has 0 aliphatic heterocycles. The van der Waals surface area contributed by atoms with Gasteiger partial charge in [0.1, 0.15) is 5.65 Å². The van der Waals surface area contributed by atoms with Crippen LogP contribution in [0.1, 0.15) is 0 Å². The molecule has 0 bridgehead atoms. The topological polar surface area (TPSA) is 54.5 Å². The van der Waals surface area contributed by atoms with Gasteiger partial charge in [-0.3, -0.25) is 0 Å². The van der Waals surface area contributed by atoms with Gasteiger partial charge in [0.2, 0.25) is 0 Å². The summed E-state index contributed by atoms with van der Waals surface area (Å²) in [6.45, 7) is 0. The van der Waals surface area contributed by atoms with Crippen molar-refractivity contribution >= 4 is 22.1 Å². The van der Waals surface area contributed by atoms with Crippen molar-refractivity contribution in [2.45, 2.75) is 0 Å². The van der Waals surface area contributed by atoms with E-state index in [0.29, 0.717) is 0 Å². The van der Waals surface area contributed by atoms with Gasteiger partial charge in [-0.15, -0.1) is 0 Å². The monoisotopic (exact) mass is 246 g/mol. The average Bonchev–Trinajstić information content (AvgIpc) is 2.90. The van der Waals surface area contributed by atoms with Crippen molar-refractivity contribution in [2.75, 3.05) is 0 Å². The van der Waals surface area contributed by atoms with E-state index in [1.54, 1.807) is 18.6 Å². The number of nitrogens with zero attached hydrogens (tertiary/aromatic N) is 3. The predicted octanol–water partition coefficient (Wildman–Crippen LogP) is 3.17. The maximum atomic E-state index is 4.32. The van der Waals surface area contributed by atoms with Crippen molar-refractivity contribution in [3.63, 3.8) is 0 Å². The van der Waals surface area contributed by atoms with Gasteiger partial charge in [-0.05, 0) is 35.9 Å². The molecule has 4 nitrogen and oxygen atoms in total. The van der Waals surface area contributed by atoms with E-state index in [1.807, 2.05) is 30.5 Å². The number of aromatic nitrogens is 4. The summed E-state index contributed by atoms with van der Waals surface area (Å²) in [4.78, 5) is 16.1. The second-order valence-electron chi connectivity index (χ2n) is 4.34. The smallest absolute Gasteiger partial charge is 0.159 e. The van der Waals surface area contributed by atoms with Crippen LogP contribution >= 0.6 is 0 Å². The van der Waals surface area contributed by atoms with Crippen molar-refractivity contribution < 1.29 is 0 Å². The Morgan fingerprint density at radius 2 is 1.53 bits per heavy atom. The van der Waals surface area contributed by atoms with Crippen LogP contribution in [-0.2, 0) is 0 Å². The van der Waals surface area contributed by atoms with Crippen LogP contribution in [0.2, 0.25) is 0 Å². The van der Waals surface area contributed by atoms with E-state index >= 15 is 0 Å². The van der Waals surface area contributed by atoms with Gasteiger partial charge in [0.15, 0.2) is 5.65 Å². The standard InChI is InChI=1S/C15H10N4/c1-3-11-10(5-8-18-14(11)16-6-1)13-9-19-15-12(13)4-2-7-17-15/h1-9H,(H,17,19). The molecular weight excluding hydrogens is 236 g/mol. The molecule has 4 rings (SSSR count). The summed E-state index contributed by atoms with van der Waals surface area (Å²) in [7, 11) is 0. The number of H-pyrrole nitrogens is 1. The summed E-state index contributed by atoms with van der Waals surface area (Å²) in [5.41, 5.74) is 3.91. The minimum Gasteiger partial charge on any atom is -0.346 e. The molecule has 0 aliphatic carbocycles. The molecule has 0 atom stereocenters. The normalized spacial score (nSPS) is 11.2. The maximum Gasteiger partial charge on any atom is 0.159 e. The molecule has 4 heteroatoms. The Morgan fingerprint density at radius 3 is 2.47 bits per heavy atom. The van der Waals surface area contributed by atoms with Gasteiger partial charge >= 0.3 is 0 Å². The van der Waals surface area contributed by atoms with E-state index in [9.17, 15) is 0 Å². The fourth-order valence-electron chi connectivity index (χ4n) is 2.40.